The van der Waals surface area contributed by atoms with Gasteiger partial charge in [-0.05, 0) is 72.7 Å². The summed E-state index contributed by atoms with van der Waals surface area (Å²) in [5.41, 5.74) is 4.64. The normalized spacial score (nSPS) is 19.1. The molecular formula is C35H40N8O3. The molecule has 1 saturated carbocycles. The van der Waals surface area contributed by atoms with Crippen molar-refractivity contribution in [2.75, 3.05) is 16.8 Å². The third kappa shape index (κ3) is 6.93. The Morgan fingerprint density at radius 2 is 1.80 bits per heavy atom. The van der Waals surface area contributed by atoms with Crippen molar-refractivity contribution in [3.63, 3.8) is 0 Å². The number of tetrazole rings is 1. The molecule has 6 rings (SSSR count). The molecular weight excluding hydrogens is 580 g/mol. The van der Waals surface area contributed by atoms with Crippen LogP contribution in [0.2, 0.25) is 0 Å². The molecule has 4 amide bonds. The van der Waals surface area contributed by atoms with Gasteiger partial charge in [-0.2, -0.15) is 5.21 Å². The van der Waals surface area contributed by atoms with Crippen molar-refractivity contribution in [2.45, 2.75) is 76.3 Å². The lowest BCUT2D eigenvalue weighted by molar-refractivity contribution is -0.125. The highest BCUT2D eigenvalue weighted by molar-refractivity contribution is 6.05. The van der Waals surface area contributed by atoms with Crippen molar-refractivity contribution in [1.82, 2.24) is 31.3 Å². The standard InChI is InChI=1S/C35H40N8O3/c1-3-23-15-16-27-28(24-11-6-4-7-12-24)21-29(37-34(46)36-26-14-10-13-25(20-26)32-39-41-42-40-32)33(45)43(30(27)19-23)22-31(44)38-35(2)17-8-5-9-18-35/h4,6-7,10-16,19-20,28-29H,3,5,8-9,17-18,21-22H2,1-2H3,(H,38,44)(H2,36,37,46)(H,39,40,41,42). The highest BCUT2D eigenvalue weighted by atomic mass is 16.2. The van der Waals surface area contributed by atoms with E-state index in [1.807, 2.05) is 42.5 Å². The summed E-state index contributed by atoms with van der Waals surface area (Å²) in [5, 5.41) is 23.1. The van der Waals surface area contributed by atoms with Crippen molar-refractivity contribution < 1.29 is 14.4 Å². The van der Waals surface area contributed by atoms with E-state index in [4.69, 9.17) is 0 Å². The first-order valence-corrected chi connectivity index (χ1v) is 16.0. The smallest absolute Gasteiger partial charge is 0.319 e. The number of fused-ring (bicyclic) bond motifs is 1. The second-order valence-electron chi connectivity index (χ2n) is 12.5. The molecule has 2 heterocycles. The van der Waals surface area contributed by atoms with Crippen molar-refractivity contribution in [2.24, 2.45) is 0 Å². The van der Waals surface area contributed by atoms with E-state index >= 15 is 0 Å². The molecule has 2 unspecified atom stereocenters. The monoisotopic (exact) mass is 620 g/mol. The topological polar surface area (TPSA) is 145 Å². The average Bonchev–Trinajstić information content (AvgIpc) is 3.58. The summed E-state index contributed by atoms with van der Waals surface area (Å²) >= 11 is 0. The maximum absolute atomic E-state index is 14.5. The van der Waals surface area contributed by atoms with E-state index in [-0.39, 0.29) is 29.8 Å². The highest BCUT2D eigenvalue weighted by Gasteiger charge is 2.38. The maximum Gasteiger partial charge on any atom is 0.319 e. The fraction of sp³-hybridized carbons (Fsp3) is 0.371. The zero-order valence-electron chi connectivity index (χ0n) is 26.3. The fourth-order valence-corrected chi connectivity index (χ4v) is 6.72. The van der Waals surface area contributed by atoms with E-state index in [0.29, 0.717) is 29.2 Å². The van der Waals surface area contributed by atoms with Crippen molar-refractivity contribution in [3.8, 4) is 11.4 Å². The summed E-state index contributed by atoms with van der Waals surface area (Å²) in [4.78, 5) is 43.1. The second-order valence-corrected chi connectivity index (χ2v) is 12.5. The molecule has 1 aliphatic heterocycles. The zero-order chi connectivity index (χ0) is 32.1. The number of aromatic amines is 1. The molecule has 2 aliphatic rings. The van der Waals surface area contributed by atoms with E-state index in [9.17, 15) is 14.4 Å². The molecule has 0 spiro atoms. The van der Waals surface area contributed by atoms with Crippen LogP contribution in [-0.4, -0.2) is 56.6 Å². The Hall–Kier alpha value is -5.06. The van der Waals surface area contributed by atoms with Gasteiger partial charge in [0, 0.05) is 28.4 Å². The molecule has 1 aliphatic carbocycles. The molecule has 0 bridgehead atoms. The molecule has 1 fully saturated rings. The fourth-order valence-electron chi connectivity index (χ4n) is 6.72. The van der Waals surface area contributed by atoms with Gasteiger partial charge in [-0.1, -0.05) is 80.8 Å². The van der Waals surface area contributed by atoms with Gasteiger partial charge in [0.15, 0.2) is 0 Å². The van der Waals surface area contributed by atoms with E-state index in [0.717, 1.165) is 48.8 Å². The van der Waals surface area contributed by atoms with Gasteiger partial charge in [0.1, 0.15) is 12.6 Å². The van der Waals surface area contributed by atoms with Gasteiger partial charge in [0.2, 0.25) is 17.6 Å². The molecule has 11 nitrogen and oxygen atoms in total. The first-order valence-electron chi connectivity index (χ1n) is 16.0. The van der Waals surface area contributed by atoms with Crippen LogP contribution >= 0.6 is 0 Å². The predicted octanol–water partition coefficient (Wildman–Crippen LogP) is 5.33. The highest BCUT2D eigenvalue weighted by Crippen LogP contribution is 2.40. The lowest BCUT2D eigenvalue weighted by Gasteiger charge is -2.35. The van der Waals surface area contributed by atoms with E-state index in [1.54, 1.807) is 23.1 Å². The molecule has 238 valence electrons. The minimum Gasteiger partial charge on any atom is -0.349 e. The van der Waals surface area contributed by atoms with Crippen LogP contribution < -0.4 is 20.9 Å². The Kier molecular flexibility index (Phi) is 9.09. The number of aryl methyl sites for hydroxylation is 1. The summed E-state index contributed by atoms with van der Waals surface area (Å²) in [7, 11) is 0. The number of benzene rings is 3. The van der Waals surface area contributed by atoms with Gasteiger partial charge in [-0.15, -0.1) is 10.2 Å². The summed E-state index contributed by atoms with van der Waals surface area (Å²) < 4.78 is 0. The molecule has 0 saturated heterocycles. The summed E-state index contributed by atoms with van der Waals surface area (Å²) in [6, 6.07) is 21.8. The molecule has 46 heavy (non-hydrogen) atoms. The summed E-state index contributed by atoms with van der Waals surface area (Å²) in [5.74, 6) is -0.325. The Balaban J connectivity index is 1.31. The number of hydrogen-bond donors (Lipinski definition) is 4. The van der Waals surface area contributed by atoms with E-state index < -0.39 is 12.1 Å². The van der Waals surface area contributed by atoms with Crippen molar-refractivity contribution in [3.05, 3.63) is 89.5 Å². The van der Waals surface area contributed by atoms with Gasteiger partial charge in [0.25, 0.3) is 0 Å². The minimum atomic E-state index is -0.902. The number of H-pyrrole nitrogens is 1. The van der Waals surface area contributed by atoms with Crippen LogP contribution in [0, 0.1) is 0 Å². The van der Waals surface area contributed by atoms with Crippen LogP contribution in [0.25, 0.3) is 11.4 Å². The van der Waals surface area contributed by atoms with Gasteiger partial charge in [-0.3, -0.25) is 9.59 Å². The van der Waals surface area contributed by atoms with Gasteiger partial charge >= 0.3 is 6.03 Å². The van der Waals surface area contributed by atoms with Crippen LogP contribution in [0.5, 0.6) is 0 Å². The number of aromatic nitrogens is 4. The van der Waals surface area contributed by atoms with Crippen molar-refractivity contribution in [1.29, 1.82) is 0 Å². The van der Waals surface area contributed by atoms with Crippen LogP contribution in [-0.2, 0) is 16.0 Å². The number of amides is 4. The molecule has 3 aromatic carbocycles. The van der Waals surface area contributed by atoms with Crippen molar-refractivity contribution >= 4 is 29.2 Å². The number of urea groups is 1. The van der Waals surface area contributed by atoms with Crippen LogP contribution in [0.15, 0.2) is 72.8 Å². The third-order valence-electron chi connectivity index (χ3n) is 9.14. The number of nitrogens with one attached hydrogen (secondary N) is 4. The molecule has 11 heteroatoms. The molecule has 1 aromatic heterocycles. The second kappa shape index (κ2) is 13.5. The number of nitrogens with zero attached hydrogens (tertiary/aromatic N) is 4. The van der Waals surface area contributed by atoms with Crippen LogP contribution in [0.1, 0.15) is 75.0 Å². The SMILES string of the molecule is CCc1ccc2c(c1)N(CC(=O)NC1(C)CCCCC1)C(=O)C(NC(=O)Nc1cccc(-c3nn[nH]n3)c1)CC2c1ccccc1. The summed E-state index contributed by atoms with van der Waals surface area (Å²) in [6.07, 6.45) is 6.24. The van der Waals surface area contributed by atoms with Gasteiger partial charge in [-0.25, -0.2) is 4.79 Å². The van der Waals surface area contributed by atoms with Crippen LogP contribution in [0.4, 0.5) is 16.2 Å². The minimum absolute atomic E-state index is 0.136. The van der Waals surface area contributed by atoms with E-state index in [1.165, 1.54) is 6.42 Å². The number of hydrogen-bond acceptors (Lipinski definition) is 6. The Bertz CT molecular complexity index is 1690. The summed E-state index contributed by atoms with van der Waals surface area (Å²) in [6.45, 7) is 4.02. The Labute approximate surface area is 268 Å². The average molecular weight is 621 g/mol. The molecule has 2 atom stereocenters. The number of rotatable bonds is 8. The first-order chi connectivity index (χ1) is 22.3. The largest absolute Gasteiger partial charge is 0.349 e. The number of carbonyl (C=O) groups excluding carboxylic acids is 3. The number of anilines is 2. The Morgan fingerprint density at radius 3 is 2.54 bits per heavy atom. The lowest BCUT2D eigenvalue weighted by atomic mass is 9.83. The predicted molar refractivity (Wildman–Crippen MR) is 176 cm³/mol. The maximum atomic E-state index is 14.5. The zero-order valence-corrected chi connectivity index (χ0v) is 26.3. The van der Waals surface area contributed by atoms with Gasteiger partial charge in [0.05, 0.1) is 0 Å². The molecule has 4 N–H and O–H groups in total. The lowest BCUT2D eigenvalue weighted by Crippen LogP contribution is -2.54. The Morgan fingerprint density at radius 1 is 1.00 bits per heavy atom. The molecule has 4 aromatic rings. The first kappa shape index (κ1) is 30.9. The quantitative estimate of drug-likeness (QED) is 0.210. The van der Waals surface area contributed by atoms with Gasteiger partial charge < -0.3 is 20.9 Å². The van der Waals surface area contributed by atoms with E-state index in [2.05, 4.69) is 62.6 Å². The van der Waals surface area contributed by atoms with Crippen LogP contribution in [0.3, 0.4) is 0 Å². The number of carbonyl (C=O) groups is 3. The third-order valence-corrected chi connectivity index (χ3v) is 9.14. The molecule has 0 radical (unpaired) electrons.